The molecule has 4 nitrogen and oxygen atoms in total. The lowest BCUT2D eigenvalue weighted by atomic mass is 9.94. The third-order valence-corrected chi connectivity index (χ3v) is 3.14. The minimum atomic E-state index is 0.334. The number of nitrogens with zero attached hydrogens (tertiary/aromatic N) is 3. The van der Waals surface area contributed by atoms with Crippen molar-refractivity contribution in [3.05, 3.63) is 47.8 Å². The molecule has 1 atom stereocenters. The Morgan fingerprint density at radius 2 is 2.06 bits per heavy atom. The zero-order chi connectivity index (χ0) is 12.8. The highest BCUT2D eigenvalue weighted by atomic mass is 15.4. The van der Waals surface area contributed by atoms with Gasteiger partial charge >= 0.3 is 0 Å². The SMILES string of the molecule is CCCn1nncc1CC(CN)c1ccccc1. The van der Waals surface area contributed by atoms with Gasteiger partial charge in [0.1, 0.15) is 0 Å². The second kappa shape index (κ2) is 6.31. The van der Waals surface area contributed by atoms with Gasteiger partial charge in [-0.25, -0.2) is 4.68 Å². The molecule has 2 aromatic rings. The van der Waals surface area contributed by atoms with Crippen molar-refractivity contribution in [2.75, 3.05) is 6.54 Å². The fourth-order valence-electron chi connectivity index (χ4n) is 2.15. The van der Waals surface area contributed by atoms with Crippen LogP contribution in [0, 0.1) is 0 Å². The van der Waals surface area contributed by atoms with Crippen LogP contribution in [-0.4, -0.2) is 21.5 Å². The van der Waals surface area contributed by atoms with Crippen LogP contribution in [-0.2, 0) is 13.0 Å². The van der Waals surface area contributed by atoms with Crippen LogP contribution >= 0.6 is 0 Å². The third kappa shape index (κ3) is 2.96. The van der Waals surface area contributed by atoms with Crippen LogP contribution in [0.3, 0.4) is 0 Å². The molecule has 0 fully saturated rings. The second-order valence-electron chi connectivity index (χ2n) is 4.50. The Morgan fingerprint density at radius 1 is 1.28 bits per heavy atom. The van der Waals surface area contributed by atoms with E-state index in [2.05, 4.69) is 41.5 Å². The van der Waals surface area contributed by atoms with Gasteiger partial charge in [-0.1, -0.05) is 42.5 Å². The van der Waals surface area contributed by atoms with Crippen molar-refractivity contribution in [3.8, 4) is 0 Å². The van der Waals surface area contributed by atoms with Crippen LogP contribution in [0.25, 0.3) is 0 Å². The molecule has 1 aromatic carbocycles. The first kappa shape index (κ1) is 12.8. The van der Waals surface area contributed by atoms with E-state index in [9.17, 15) is 0 Å². The van der Waals surface area contributed by atoms with Gasteiger partial charge in [0.25, 0.3) is 0 Å². The summed E-state index contributed by atoms with van der Waals surface area (Å²) in [5.41, 5.74) is 8.34. The molecule has 18 heavy (non-hydrogen) atoms. The molecule has 96 valence electrons. The molecule has 1 heterocycles. The first-order valence-electron chi connectivity index (χ1n) is 6.47. The summed E-state index contributed by atoms with van der Waals surface area (Å²) in [4.78, 5) is 0. The maximum absolute atomic E-state index is 5.90. The molecule has 0 aliphatic carbocycles. The van der Waals surface area contributed by atoms with E-state index < -0.39 is 0 Å². The van der Waals surface area contributed by atoms with Crippen molar-refractivity contribution in [1.82, 2.24) is 15.0 Å². The summed E-state index contributed by atoms with van der Waals surface area (Å²) < 4.78 is 1.98. The van der Waals surface area contributed by atoms with Crippen molar-refractivity contribution in [2.24, 2.45) is 5.73 Å². The van der Waals surface area contributed by atoms with Crippen molar-refractivity contribution in [3.63, 3.8) is 0 Å². The lowest BCUT2D eigenvalue weighted by Gasteiger charge is -2.15. The average molecular weight is 244 g/mol. The summed E-state index contributed by atoms with van der Waals surface area (Å²) in [6, 6.07) is 10.4. The lowest BCUT2D eigenvalue weighted by Crippen LogP contribution is -2.17. The van der Waals surface area contributed by atoms with E-state index in [1.54, 1.807) is 0 Å². The second-order valence-corrected chi connectivity index (χ2v) is 4.50. The van der Waals surface area contributed by atoms with Gasteiger partial charge in [-0.3, -0.25) is 0 Å². The van der Waals surface area contributed by atoms with Gasteiger partial charge in [-0.2, -0.15) is 0 Å². The Bertz CT molecular complexity index is 464. The van der Waals surface area contributed by atoms with Crippen LogP contribution in [0.5, 0.6) is 0 Å². The highest BCUT2D eigenvalue weighted by Crippen LogP contribution is 2.19. The van der Waals surface area contributed by atoms with Crippen LogP contribution in [0.15, 0.2) is 36.5 Å². The zero-order valence-electron chi connectivity index (χ0n) is 10.8. The van der Waals surface area contributed by atoms with Crippen molar-refractivity contribution >= 4 is 0 Å². The van der Waals surface area contributed by atoms with Crippen LogP contribution in [0.4, 0.5) is 0 Å². The van der Waals surface area contributed by atoms with Crippen molar-refractivity contribution < 1.29 is 0 Å². The third-order valence-electron chi connectivity index (χ3n) is 3.14. The molecule has 2 rings (SSSR count). The van der Waals surface area contributed by atoms with Crippen LogP contribution < -0.4 is 5.73 Å². The molecule has 1 unspecified atom stereocenters. The molecule has 1 aromatic heterocycles. The minimum absolute atomic E-state index is 0.334. The largest absolute Gasteiger partial charge is 0.330 e. The normalized spacial score (nSPS) is 12.6. The number of hydrogen-bond acceptors (Lipinski definition) is 3. The monoisotopic (exact) mass is 244 g/mol. The van der Waals surface area contributed by atoms with E-state index in [1.807, 2.05) is 16.9 Å². The number of benzene rings is 1. The van der Waals surface area contributed by atoms with Gasteiger partial charge in [0.2, 0.25) is 0 Å². The molecule has 2 N–H and O–H groups in total. The Labute approximate surface area is 108 Å². The maximum atomic E-state index is 5.90. The predicted octanol–water partition coefficient (Wildman–Crippen LogP) is 1.97. The highest BCUT2D eigenvalue weighted by molar-refractivity contribution is 5.21. The van der Waals surface area contributed by atoms with Crippen LogP contribution in [0.2, 0.25) is 0 Å². The van der Waals surface area contributed by atoms with Gasteiger partial charge in [-0.05, 0) is 24.9 Å². The first-order valence-corrected chi connectivity index (χ1v) is 6.47. The molecular weight excluding hydrogens is 224 g/mol. The Kier molecular flexibility index (Phi) is 4.47. The van der Waals surface area contributed by atoms with E-state index >= 15 is 0 Å². The van der Waals surface area contributed by atoms with Gasteiger partial charge in [-0.15, -0.1) is 5.10 Å². The Balaban J connectivity index is 2.13. The highest BCUT2D eigenvalue weighted by Gasteiger charge is 2.13. The molecular formula is C14H20N4. The number of nitrogens with two attached hydrogens (primary N) is 1. The fourth-order valence-corrected chi connectivity index (χ4v) is 2.15. The molecule has 0 amide bonds. The molecule has 0 spiro atoms. The van der Waals surface area contributed by atoms with Crippen molar-refractivity contribution in [2.45, 2.75) is 32.2 Å². The van der Waals surface area contributed by atoms with E-state index in [0.717, 1.165) is 25.1 Å². The van der Waals surface area contributed by atoms with Gasteiger partial charge in [0, 0.05) is 12.5 Å². The standard InChI is InChI=1S/C14H20N4/c1-2-8-18-14(11-16-17-18)9-13(10-15)12-6-4-3-5-7-12/h3-7,11,13H,2,8-10,15H2,1H3. The van der Waals surface area contributed by atoms with E-state index in [0.29, 0.717) is 12.5 Å². The quantitative estimate of drug-likeness (QED) is 0.845. The molecule has 0 radical (unpaired) electrons. The van der Waals surface area contributed by atoms with E-state index in [-0.39, 0.29) is 0 Å². The van der Waals surface area contributed by atoms with E-state index in [4.69, 9.17) is 5.73 Å². The molecule has 0 bridgehead atoms. The summed E-state index contributed by atoms with van der Waals surface area (Å²) in [6.45, 7) is 3.70. The number of rotatable bonds is 6. The number of aryl methyl sites for hydroxylation is 1. The molecule has 0 aliphatic rings. The summed E-state index contributed by atoms with van der Waals surface area (Å²) in [5, 5.41) is 8.11. The molecule has 0 aliphatic heterocycles. The Morgan fingerprint density at radius 3 is 2.72 bits per heavy atom. The summed E-state index contributed by atoms with van der Waals surface area (Å²) >= 11 is 0. The minimum Gasteiger partial charge on any atom is -0.330 e. The van der Waals surface area contributed by atoms with Crippen LogP contribution in [0.1, 0.15) is 30.5 Å². The topological polar surface area (TPSA) is 56.7 Å². The average Bonchev–Trinajstić information content (AvgIpc) is 2.85. The fraction of sp³-hybridized carbons (Fsp3) is 0.429. The zero-order valence-corrected chi connectivity index (χ0v) is 10.8. The predicted molar refractivity (Wildman–Crippen MR) is 72.3 cm³/mol. The summed E-state index contributed by atoms with van der Waals surface area (Å²) in [5.74, 6) is 0.334. The molecule has 4 heteroatoms. The summed E-state index contributed by atoms with van der Waals surface area (Å²) in [6.07, 6.45) is 3.81. The smallest absolute Gasteiger partial charge is 0.0725 e. The van der Waals surface area contributed by atoms with Crippen molar-refractivity contribution in [1.29, 1.82) is 0 Å². The maximum Gasteiger partial charge on any atom is 0.0725 e. The molecule has 0 saturated heterocycles. The first-order chi connectivity index (χ1) is 8.85. The lowest BCUT2D eigenvalue weighted by molar-refractivity contribution is 0.538. The van der Waals surface area contributed by atoms with Gasteiger partial charge in [0.05, 0.1) is 11.9 Å². The number of aromatic nitrogens is 3. The van der Waals surface area contributed by atoms with Gasteiger partial charge in [0.15, 0.2) is 0 Å². The van der Waals surface area contributed by atoms with E-state index in [1.165, 1.54) is 5.56 Å². The Hall–Kier alpha value is -1.68. The number of hydrogen-bond donors (Lipinski definition) is 1. The van der Waals surface area contributed by atoms with Gasteiger partial charge < -0.3 is 5.73 Å². The molecule has 0 saturated carbocycles. The summed E-state index contributed by atoms with van der Waals surface area (Å²) in [7, 11) is 0.